The third-order valence-corrected chi connectivity index (χ3v) is 5.36. The second-order valence-corrected chi connectivity index (χ2v) is 7.27. The molecular formula is C23H27NO4. The highest BCUT2D eigenvalue weighted by molar-refractivity contribution is 5.81. The first-order valence-corrected chi connectivity index (χ1v) is 9.80. The lowest BCUT2D eigenvalue weighted by molar-refractivity contribution is -0.141. The molecule has 0 bridgehead atoms. The summed E-state index contributed by atoms with van der Waals surface area (Å²) in [6.45, 7) is 0.766. The average molecular weight is 381 g/mol. The van der Waals surface area contributed by atoms with Crippen LogP contribution in [0.3, 0.4) is 0 Å². The third kappa shape index (κ3) is 4.91. The summed E-state index contributed by atoms with van der Waals surface area (Å²) in [6.07, 6.45) is 4.28. The van der Waals surface area contributed by atoms with Crippen LogP contribution < -0.4 is 4.74 Å². The summed E-state index contributed by atoms with van der Waals surface area (Å²) in [7, 11) is 1.66. The lowest BCUT2D eigenvalue weighted by Crippen LogP contribution is -2.40. The van der Waals surface area contributed by atoms with Gasteiger partial charge in [0.25, 0.3) is 0 Å². The number of ether oxygens (including phenoxy) is 1. The quantitative estimate of drug-likeness (QED) is 0.702. The maximum atomic E-state index is 12.6. The number of nitrogens with zero attached hydrogens (tertiary/aromatic N) is 1. The van der Waals surface area contributed by atoms with E-state index in [4.69, 9.17) is 4.74 Å². The van der Waals surface area contributed by atoms with Gasteiger partial charge in [0.1, 0.15) is 5.75 Å². The number of carbonyl (C=O) groups is 2. The summed E-state index contributed by atoms with van der Waals surface area (Å²) >= 11 is 0. The van der Waals surface area contributed by atoms with Crippen LogP contribution in [0.25, 0.3) is 0 Å². The van der Waals surface area contributed by atoms with Crippen LogP contribution >= 0.6 is 0 Å². The molecule has 0 saturated heterocycles. The Balaban J connectivity index is 1.45. The van der Waals surface area contributed by atoms with Crippen molar-refractivity contribution in [2.24, 2.45) is 0 Å². The molecule has 1 N–H and O–H groups in total. The topological polar surface area (TPSA) is 66.8 Å². The molecule has 1 atom stereocenters. The zero-order valence-corrected chi connectivity index (χ0v) is 16.3. The van der Waals surface area contributed by atoms with E-state index in [9.17, 15) is 14.7 Å². The molecule has 1 amide bonds. The summed E-state index contributed by atoms with van der Waals surface area (Å²) in [5.74, 6) is -0.601. The van der Waals surface area contributed by atoms with Crippen LogP contribution in [0.15, 0.2) is 48.5 Å². The number of methoxy groups -OCH3 is 1. The molecule has 1 aliphatic rings. The van der Waals surface area contributed by atoms with Crippen molar-refractivity contribution in [2.45, 2.75) is 44.6 Å². The van der Waals surface area contributed by atoms with E-state index in [2.05, 4.69) is 12.1 Å². The number of unbranched alkanes of at least 4 members (excludes halogenated alkanes) is 2. The minimum Gasteiger partial charge on any atom is -0.497 e. The van der Waals surface area contributed by atoms with Gasteiger partial charge in [-0.15, -0.1) is 0 Å². The number of aliphatic carboxylic acids is 1. The zero-order valence-electron chi connectivity index (χ0n) is 16.3. The molecule has 0 spiro atoms. The highest BCUT2D eigenvalue weighted by Crippen LogP contribution is 2.29. The Morgan fingerprint density at radius 3 is 2.54 bits per heavy atom. The van der Waals surface area contributed by atoms with Crippen molar-refractivity contribution >= 4 is 11.9 Å². The van der Waals surface area contributed by atoms with Gasteiger partial charge in [-0.1, -0.05) is 42.8 Å². The Morgan fingerprint density at radius 2 is 1.82 bits per heavy atom. The van der Waals surface area contributed by atoms with Crippen molar-refractivity contribution < 1.29 is 19.4 Å². The first-order chi connectivity index (χ1) is 13.6. The molecule has 0 aromatic heterocycles. The number of hydrogen-bond donors (Lipinski definition) is 1. The number of hydrogen-bond acceptors (Lipinski definition) is 3. The van der Waals surface area contributed by atoms with Crippen molar-refractivity contribution in [3.8, 4) is 5.75 Å². The summed E-state index contributed by atoms with van der Waals surface area (Å²) in [4.78, 5) is 25.9. The largest absolute Gasteiger partial charge is 0.497 e. The molecule has 28 heavy (non-hydrogen) atoms. The second kappa shape index (κ2) is 9.40. The number of carboxylic acid groups (broad SMARTS) is 1. The summed E-state index contributed by atoms with van der Waals surface area (Å²) in [6, 6.07) is 15.6. The highest BCUT2D eigenvalue weighted by Gasteiger charge is 2.31. The monoisotopic (exact) mass is 381 g/mol. The number of aryl methyl sites for hydroxylation is 1. The van der Waals surface area contributed by atoms with Crippen molar-refractivity contribution in [3.05, 3.63) is 65.2 Å². The number of rotatable bonds is 8. The predicted octanol–water partition coefficient (Wildman–Crippen LogP) is 4.01. The van der Waals surface area contributed by atoms with Gasteiger partial charge in [0.15, 0.2) is 0 Å². The molecule has 5 nitrogen and oxygen atoms in total. The summed E-state index contributed by atoms with van der Waals surface area (Å²) < 4.78 is 5.16. The van der Waals surface area contributed by atoms with Crippen molar-refractivity contribution in [1.82, 2.24) is 4.90 Å². The fourth-order valence-electron chi connectivity index (χ4n) is 3.74. The molecule has 2 aromatic carbocycles. The number of amides is 1. The summed E-state index contributed by atoms with van der Waals surface area (Å²) in [5.41, 5.74) is 3.04. The Bertz CT molecular complexity index is 816. The maximum Gasteiger partial charge on any atom is 0.312 e. The number of carboxylic acids is 1. The van der Waals surface area contributed by atoms with E-state index >= 15 is 0 Å². The van der Waals surface area contributed by atoms with Gasteiger partial charge in [-0.25, -0.2) is 0 Å². The van der Waals surface area contributed by atoms with Crippen LogP contribution in [-0.4, -0.2) is 35.5 Å². The Kier molecular flexibility index (Phi) is 6.69. The first kappa shape index (κ1) is 19.9. The van der Waals surface area contributed by atoms with Crippen LogP contribution in [0.5, 0.6) is 5.75 Å². The highest BCUT2D eigenvalue weighted by atomic mass is 16.5. The van der Waals surface area contributed by atoms with E-state index in [1.165, 1.54) is 5.56 Å². The summed E-state index contributed by atoms with van der Waals surface area (Å²) in [5, 5.41) is 9.53. The molecule has 2 aromatic rings. The van der Waals surface area contributed by atoms with Gasteiger partial charge < -0.3 is 14.7 Å². The molecule has 5 heteroatoms. The van der Waals surface area contributed by atoms with E-state index in [1.807, 2.05) is 36.4 Å². The van der Waals surface area contributed by atoms with Crippen LogP contribution in [0.4, 0.5) is 0 Å². The van der Waals surface area contributed by atoms with E-state index in [1.54, 1.807) is 12.0 Å². The molecule has 0 saturated carbocycles. The van der Waals surface area contributed by atoms with E-state index in [0.717, 1.165) is 42.6 Å². The van der Waals surface area contributed by atoms with Crippen LogP contribution in [0.1, 0.15) is 48.3 Å². The van der Waals surface area contributed by atoms with E-state index < -0.39 is 11.9 Å². The van der Waals surface area contributed by atoms with E-state index in [0.29, 0.717) is 13.0 Å². The molecule has 148 valence electrons. The SMILES string of the molecule is COc1ccc(CCCCCC(=O)N2Cc3ccccc3C(C(=O)O)C2)cc1. The van der Waals surface area contributed by atoms with Gasteiger partial charge in [-0.2, -0.15) is 0 Å². The third-order valence-electron chi connectivity index (χ3n) is 5.36. The van der Waals surface area contributed by atoms with Gasteiger partial charge in [0.05, 0.1) is 13.0 Å². The smallest absolute Gasteiger partial charge is 0.312 e. The lowest BCUT2D eigenvalue weighted by atomic mass is 9.89. The van der Waals surface area contributed by atoms with Gasteiger partial charge in [0.2, 0.25) is 5.91 Å². The predicted molar refractivity (Wildman–Crippen MR) is 107 cm³/mol. The van der Waals surface area contributed by atoms with Crippen molar-refractivity contribution in [3.63, 3.8) is 0 Å². The number of carbonyl (C=O) groups excluding carboxylic acids is 1. The van der Waals surface area contributed by atoms with Crippen LogP contribution in [-0.2, 0) is 22.6 Å². The minimum atomic E-state index is -0.871. The molecule has 1 unspecified atom stereocenters. The van der Waals surface area contributed by atoms with Gasteiger partial charge >= 0.3 is 5.97 Å². The van der Waals surface area contributed by atoms with Crippen LogP contribution in [0.2, 0.25) is 0 Å². The van der Waals surface area contributed by atoms with Gasteiger partial charge in [0, 0.05) is 19.5 Å². The Labute approximate surface area is 165 Å². The maximum absolute atomic E-state index is 12.6. The van der Waals surface area contributed by atoms with Gasteiger partial charge in [-0.3, -0.25) is 9.59 Å². The fourth-order valence-corrected chi connectivity index (χ4v) is 3.74. The molecule has 0 fully saturated rings. The van der Waals surface area contributed by atoms with Crippen LogP contribution in [0, 0.1) is 0 Å². The molecular weight excluding hydrogens is 354 g/mol. The molecule has 0 aliphatic carbocycles. The minimum absolute atomic E-state index is 0.0465. The number of benzene rings is 2. The standard InChI is InChI=1S/C23H27NO4/c1-28-19-13-11-17(12-14-19)7-3-2-4-10-22(25)24-15-18-8-5-6-9-20(18)21(16-24)23(26)27/h5-6,8-9,11-14,21H,2-4,7,10,15-16H2,1H3,(H,26,27). The van der Waals surface area contributed by atoms with Crippen molar-refractivity contribution in [2.75, 3.05) is 13.7 Å². The average Bonchev–Trinajstić information content (AvgIpc) is 2.72. The number of fused-ring (bicyclic) bond motifs is 1. The molecule has 1 aliphatic heterocycles. The lowest BCUT2D eigenvalue weighted by Gasteiger charge is -2.33. The van der Waals surface area contributed by atoms with Crippen molar-refractivity contribution in [1.29, 1.82) is 0 Å². The fraction of sp³-hybridized carbons (Fsp3) is 0.391. The second-order valence-electron chi connectivity index (χ2n) is 7.27. The Hall–Kier alpha value is -2.82. The molecule has 3 rings (SSSR count). The van der Waals surface area contributed by atoms with Gasteiger partial charge in [-0.05, 0) is 48.1 Å². The normalized spacial score (nSPS) is 15.8. The first-order valence-electron chi connectivity index (χ1n) is 9.80. The zero-order chi connectivity index (χ0) is 19.9. The molecule has 0 radical (unpaired) electrons. The molecule has 1 heterocycles. The van der Waals surface area contributed by atoms with E-state index in [-0.39, 0.29) is 12.5 Å². The Morgan fingerprint density at radius 1 is 1.07 bits per heavy atom.